The molecule has 0 aromatic heterocycles. The van der Waals surface area contributed by atoms with Gasteiger partial charge in [0.15, 0.2) is 0 Å². The van der Waals surface area contributed by atoms with Crippen LogP contribution >= 0.6 is 0 Å². The molecule has 1 N–H and O–H groups in total. The topological polar surface area (TPSA) is 49.8 Å². The Labute approximate surface area is 157 Å². The van der Waals surface area contributed by atoms with Gasteiger partial charge in [0.2, 0.25) is 0 Å². The van der Waals surface area contributed by atoms with E-state index in [1.807, 2.05) is 43.9 Å². The zero-order valence-corrected chi connectivity index (χ0v) is 16.4. The third kappa shape index (κ3) is 4.40. The number of carbonyl (C=O) groups excluding carboxylic acids is 1. The van der Waals surface area contributed by atoms with Crippen molar-refractivity contribution in [3.63, 3.8) is 0 Å². The second-order valence-electron chi connectivity index (χ2n) is 9.21. The number of hydrogen-bond acceptors (Lipinski definition) is 3. The quantitative estimate of drug-likeness (QED) is 0.843. The summed E-state index contributed by atoms with van der Waals surface area (Å²) in [7, 11) is 0. The molecule has 26 heavy (non-hydrogen) atoms. The molecule has 4 heteroatoms. The molecule has 1 amide bonds. The fourth-order valence-corrected chi connectivity index (χ4v) is 4.80. The van der Waals surface area contributed by atoms with Gasteiger partial charge in [-0.05, 0) is 69.8 Å². The van der Waals surface area contributed by atoms with Gasteiger partial charge in [-0.1, -0.05) is 36.8 Å². The highest BCUT2D eigenvalue weighted by atomic mass is 16.6. The Balaban J connectivity index is 1.82. The SMILES string of the molecule is CC(C)(C)OC(=O)N(Cc1ccccc1)C1CCC2(CO)CCCC1C2. The molecule has 1 aromatic carbocycles. The molecule has 2 aliphatic rings. The van der Waals surface area contributed by atoms with Crippen molar-refractivity contribution >= 4 is 6.09 Å². The number of hydrogen-bond donors (Lipinski definition) is 1. The number of carbonyl (C=O) groups is 1. The van der Waals surface area contributed by atoms with Crippen LogP contribution in [0.2, 0.25) is 0 Å². The summed E-state index contributed by atoms with van der Waals surface area (Å²) in [6.07, 6.45) is 6.18. The Morgan fingerprint density at radius 3 is 2.62 bits per heavy atom. The van der Waals surface area contributed by atoms with E-state index in [4.69, 9.17) is 4.74 Å². The van der Waals surface area contributed by atoms with Gasteiger partial charge < -0.3 is 14.7 Å². The van der Waals surface area contributed by atoms with Gasteiger partial charge in [-0.15, -0.1) is 0 Å². The number of amides is 1. The molecule has 2 bridgehead atoms. The normalized spacial score (nSPS) is 28.5. The summed E-state index contributed by atoms with van der Waals surface area (Å²) in [5.41, 5.74) is 0.724. The summed E-state index contributed by atoms with van der Waals surface area (Å²) in [6, 6.07) is 10.4. The first kappa shape index (κ1) is 19.2. The number of rotatable bonds is 4. The van der Waals surface area contributed by atoms with E-state index in [1.165, 1.54) is 0 Å². The van der Waals surface area contributed by atoms with Crippen molar-refractivity contribution < 1.29 is 14.6 Å². The molecular formula is C22H33NO3. The fraction of sp³-hybridized carbons (Fsp3) is 0.682. The lowest BCUT2D eigenvalue weighted by Crippen LogP contribution is -2.52. The highest BCUT2D eigenvalue weighted by Crippen LogP contribution is 2.50. The van der Waals surface area contributed by atoms with Crippen LogP contribution in [0.3, 0.4) is 0 Å². The van der Waals surface area contributed by atoms with E-state index >= 15 is 0 Å². The third-order valence-electron chi connectivity index (χ3n) is 6.05. The van der Waals surface area contributed by atoms with E-state index < -0.39 is 5.60 Å². The molecule has 0 saturated heterocycles. The molecule has 0 spiro atoms. The van der Waals surface area contributed by atoms with Crippen LogP contribution in [0.5, 0.6) is 0 Å². The van der Waals surface area contributed by atoms with Crippen LogP contribution in [0.1, 0.15) is 64.9 Å². The fourth-order valence-electron chi connectivity index (χ4n) is 4.80. The second kappa shape index (κ2) is 7.59. The maximum absolute atomic E-state index is 13.0. The van der Waals surface area contributed by atoms with Crippen molar-refractivity contribution in [3.8, 4) is 0 Å². The second-order valence-corrected chi connectivity index (χ2v) is 9.21. The Hall–Kier alpha value is -1.55. The number of nitrogens with zero attached hydrogens (tertiary/aromatic N) is 1. The summed E-state index contributed by atoms with van der Waals surface area (Å²) in [4.78, 5) is 15.0. The summed E-state index contributed by atoms with van der Waals surface area (Å²) in [5, 5.41) is 9.91. The largest absolute Gasteiger partial charge is 0.444 e. The minimum Gasteiger partial charge on any atom is -0.444 e. The molecule has 3 atom stereocenters. The minimum absolute atomic E-state index is 0.0891. The molecule has 1 aromatic rings. The first-order valence-corrected chi connectivity index (χ1v) is 9.96. The Kier molecular flexibility index (Phi) is 5.61. The van der Waals surface area contributed by atoms with Crippen molar-refractivity contribution in [2.75, 3.05) is 6.61 Å². The number of ether oxygens (including phenoxy) is 1. The molecule has 0 radical (unpaired) electrons. The molecule has 2 fully saturated rings. The van der Waals surface area contributed by atoms with Gasteiger partial charge in [0.1, 0.15) is 5.60 Å². The first-order valence-electron chi connectivity index (χ1n) is 9.96. The monoisotopic (exact) mass is 359 g/mol. The molecular weight excluding hydrogens is 326 g/mol. The van der Waals surface area contributed by atoms with Gasteiger partial charge in [0.05, 0.1) is 0 Å². The third-order valence-corrected chi connectivity index (χ3v) is 6.05. The molecule has 144 valence electrons. The van der Waals surface area contributed by atoms with Gasteiger partial charge in [0, 0.05) is 19.2 Å². The van der Waals surface area contributed by atoms with Crippen molar-refractivity contribution in [2.45, 2.75) is 77.5 Å². The Morgan fingerprint density at radius 2 is 1.96 bits per heavy atom. The van der Waals surface area contributed by atoms with Gasteiger partial charge in [-0.25, -0.2) is 4.79 Å². The maximum Gasteiger partial charge on any atom is 0.410 e. The molecule has 2 aliphatic carbocycles. The van der Waals surface area contributed by atoms with E-state index in [9.17, 15) is 9.90 Å². The highest BCUT2D eigenvalue weighted by Gasteiger charge is 2.46. The standard InChI is InChI=1S/C22H33NO3/c1-21(2,3)26-20(25)23(15-17-8-5-4-6-9-17)19-11-13-22(16-24)12-7-10-18(19)14-22/h4-6,8-9,18-19,24H,7,10-16H2,1-3H3. The van der Waals surface area contributed by atoms with Gasteiger partial charge in [-0.2, -0.15) is 0 Å². The van der Waals surface area contributed by atoms with Crippen molar-refractivity contribution in [3.05, 3.63) is 35.9 Å². The predicted molar refractivity (Wildman–Crippen MR) is 103 cm³/mol. The van der Waals surface area contributed by atoms with E-state index in [0.717, 1.165) is 44.1 Å². The molecule has 4 nitrogen and oxygen atoms in total. The van der Waals surface area contributed by atoms with E-state index in [1.54, 1.807) is 0 Å². The van der Waals surface area contributed by atoms with E-state index in [-0.39, 0.29) is 24.2 Å². The first-order chi connectivity index (χ1) is 12.3. The number of aliphatic hydroxyl groups excluding tert-OH is 1. The van der Waals surface area contributed by atoms with E-state index in [0.29, 0.717) is 12.5 Å². The molecule has 3 unspecified atom stereocenters. The highest BCUT2D eigenvalue weighted by molar-refractivity contribution is 5.68. The summed E-state index contributed by atoms with van der Waals surface area (Å²) >= 11 is 0. The van der Waals surface area contributed by atoms with Crippen LogP contribution in [-0.4, -0.2) is 34.3 Å². The van der Waals surface area contributed by atoms with Gasteiger partial charge in [0.25, 0.3) is 0 Å². The number of benzene rings is 1. The average molecular weight is 360 g/mol. The smallest absolute Gasteiger partial charge is 0.410 e. The molecule has 0 aliphatic heterocycles. The predicted octanol–water partition coefficient (Wildman–Crippen LogP) is 4.76. The maximum atomic E-state index is 13.0. The summed E-state index contributed by atoms with van der Waals surface area (Å²) in [5.74, 6) is 0.459. The van der Waals surface area contributed by atoms with Crippen molar-refractivity contribution in [1.82, 2.24) is 4.90 Å². The average Bonchev–Trinajstić information content (AvgIpc) is 2.60. The van der Waals surface area contributed by atoms with Crippen molar-refractivity contribution in [2.24, 2.45) is 11.3 Å². The lowest BCUT2D eigenvalue weighted by Gasteiger charge is -2.50. The van der Waals surface area contributed by atoms with Crippen LogP contribution in [0.15, 0.2) is 30.3 Å². The van der Waals surface area contributed by atoms with Crippen LogP contribution in [0.25, 0.3) is 0 Å². The van der Waals surface area contributed by atoms with Crippen LogP contribution < -0.4 is 0 Å². The molecule has 3 rings (SSSR count). The number of fused-ring (bicyclic) bond motifs is 2. The lowest BCUT2D eigenvalue weighted by atomic mass is 9.60. The van der Waals surface area contributed by atoms with Crippen LogP contribution in [0.4, 0.5) is 4.79 Å². The van der Waals surface area contributed by atoms with Gasteiger partial charge >= 0.3 is 6.09 Å². The van der Waals surface area contributed by atoms with Gasteiger partial charge in [-0.3, -0.25) is 0 Å². The molecule has 2 saturated carbocycles. The zero-order valence-electron chi connectivity index (χ0n) is 16.4. The Bertz CT molecular complexity index is 610. The number of aliphatic hydroxyl groups is 1. The molecule has 0 heterocycles. The van der Waals surface area contributed by atoms with Crippen molar-refractivity contribution in [1.29, 1.82) is 0 Å². The summed E-state index contributed by atoms with van der Waals surface area (Å²) in [6.45, 7) is 6.63. The van der Waals surface area contributed by atoms with Crippen LogP contribution in [0, 0.1) is 11.3 Å². The summed E-state index contributed by atoms with van der Waals surface area (Å²) < 4.78 is 5.75. The Morgan fingerprint density at radius 1 is 1.23 bits per heavy atom. The van der Waals surface area contributed by atoms with Crippen LogP contribution in [-0.2, 0) is 11.3 Å². The minimum atomic E-state index is -0.498. The zero-order chi connectivity index (χ0) is 18.8. The lowest BCUT2D eigenvalue weighted by molar-refractivity contribution is -0.0435. The van der Waals surface area contributed by atoms with E-state index in [2.05, 4.69) is 12.1 Å².